The number of carbonyl (C=O) groups is 1. The highest BCUT2D eigenvalue weighted by Crippen LogP contribution is 2.41. The van der Waals surface area contributed by atoms with Gasteiger partial charge in [0.25, 0.3) is 0 Å². The standard InChI is InChI=1S/C27H29N5O3/c1-3-4-5-6-7-8-16-35-20-14-12-18(13-15-20)25(33)21-11-9-10-19-17-22(28)24(26(34-2)23(19)21)27-29-31-32-30-27/h3,9-15,17H,1,4-8,16,28H2,2H3,(H,29,30,31,32). The molecular weight excluding hydrogens is 442 g/mol. The van der Waals surface area contributed by atoms with Gasteiger partial charge in [-0.3, -0.25) is 4.79 Å². The molecule has 0 atom stereocenters. The average Bonchev–Trinajstić information content (AvgIpc) is 3.41. The number of nitrogens with zero attached hydrogens (tertiary/aromatic N) is 3. The Balaban J connectivity index is 1.56. The first kappa shape index (κ1) is 23.9. The molecule has 0 radical (unpaired) electrons. The lowest BCUT2D eigenvalue weighted by molar-refractivity contribution is 0.104. The Morgan fingerprint density at radius 2 is 1.91 bits per heavy atom. The molecule has 8 nitrogen and oxygen atoms in total. The van der Waals surface area contributed by atoms with E-state index in [0.717, 1.165) is 30.4 Å². The number of hydrogen-bond acceptors (Lipinski definition) is 7. The van der Waals surface area contributed by atoms with Crippen LogP contribution in [0.5, 0.6) is 11.5 Å². The fraction of sp³-hybridized carbons (Fsp3) is 0.259. The summed E-state index contributed by atoms with van der Waals surface area (Å²) in [6.07, 6.45) is 7.49. The van der Waals surface area contributed by atoms with Gasteiger partial charge in [-0.1, -0.05) is 37.1 Å². The monoisotopic (exact) mass is 471 g/mol. The molecule has 0 saturated carbocycles. The Kier molecular flexibility index (Phi) is 7.72. The van der Waals surface area contributed by atoms with Gasteiger partial charge >= 0.3 is 0 Å². The van der Waals surface area contributed by atoms with Crippen LogP contribution in [0, 0.1) is 0 Å². The van der Waals surface area contributed by atoms with Gasteiger partial charge in [-0.25, -0.2) is 0 Å². The molecule has 3 aromatic carbocycles. The molecule has 0 aliphatic heterocycles. The molecule has 0 unspecified atom stereocenters. The number of nitrogens with one attached hydrogen (secondary N) is 1. The molecule has 1 aromatic heterocycles. The predicted molar refractivity (Wildman–Crippen MR) is 137 cm³/mol. The number of ether oxygens (including phenoxy) is 2. The van der Waals surface area contributed by atoms with E-state index in [4.69, 9.17) is 15.2 Å². The third-order valence-corrected chi connectivity index (χ3v) is 5.86. The van der Waals surface area contributed by atoms with Crippen molar-refractivity contribution in [2.75, 3.05) is 19.5 Å². The molecule has 0 spiro atoms. The lowest BCUT2D eigenvalue weighted by atomic mass is 9.94. The number of H-pyrrole nitrogens is 1. The number of aromatic nitrogens is 4. The molecule has 0 aliphatic rings. The third-order valence-electron chi connectivity index (χ3n) is 5.86. The quantitative estimate of drug-likeness (QED) is 0.124. The lowest BCUT2D eigenvalue weighted by Gasteiger charge is -2.15. The summed E-state index contributed by atoms with van der Waals surface area (Å²) in [5, 5.41) is 15.6. The predicted octanol–water partition coefficient (Wildman–Crippen LogP) is 5.36. The van der Waals surface area contributed by atoms with Crippen LogP contribution in [0.15, 0.2) is 61.2 Å². The van der Waals surface area contributed by atoms with Crippen molar-refractivity contribution in [1.82, 2.24) is 20.6 Å². The van der Waals surface area contributed by atoms with Gasteiger partial charge in [-0.05, 0) is 60.2 Å². The minimum atomic E-state index is -0.133. The first-order valence-electron chi connectivity index (χ1n) is 11.7. The second-order valence-electron chi connectivity index (χ2n) is 8.21. The Hall–Kier alpha value is -4.20. The highest BCUT2D eigenvalue weighted by Gasteiger charge is 2.22. The number of methoxy groups -OCH3 is 1. The maximum Gasteiger partial charge on any atom is 0.210 e. The Morgan fingerprint density at radius 3 is 2.63 bits per heavy atom. The van der Waals surface area contributed by atoms with E-state index in [2.05, 4.69) is 27.2 Å². The van der Waals surface area contributed by atoms with Crippen molar-refractivity contribution in [2.45, 2.75) is 32.1 Å². The van der Waals surface area contributed by atoms with Crippen LogP contribution in [-0.2, 0) is 0 Å². The number of hydrogen-bond donors (Lipinski definition) is 2. The Morgan fingerprint density at radius 1 is 1.11 bits per heavy atom. The molecule has 4 aromatic rings. The summed E-state index contributed by atoms with van der Waals surface area (Å²) in [6.45, 7) is 4.40. The molecular formula is C27H29N5O3. The number of ketones is 1. The summed E-state index contributed by atoms with van der Waals surface area (Å²) in [4.78, 5) is 13.5. The van der Waals surface area contributed by atoms with Crippen molar-refractivity contribution in [3.05, 3.63) is 72.3 Å². The van der Waals surface area contributed by atoms with Gasteiger partial charge in [-0.2, -0.15) is 5.21 Å². The first-order chi connectivity index (χ1) is 17.1. The molecule has 3 N–H and O–H groups in total. The van der Waals surface area contributed by atoms with Crippen molar-refractivity contribution >= 4 is 22.2 Å². The van der Waals surface area contributed by atoms with Gasteiger partial charge in [0.15, 0.2) is 5.78 Å². The number of aromatic amines is 1. The Bertz CT molecular complexity index is 1300. The average molecular weight is 472 g/mol. The van der Waals surface area contributed by atoms with Gasteiger partial charge in [0.1, 0.15) is 11.5 Å². The second-order valence-corrected chi connectivity index (χ2v) is 8.21. The van der Waals surface area contributed by atoms with Crippen LogP contribution >= 0.6 is 0 Å². The number of anilines is 1. The van der Waals surface area contributed by atoms with E-state index < -0.39 is 0 Å². The number of benzene rings is 3. The van der Waals surface area contributed by atoms with E-state index in [1.54, 1.807) is 24.3 Å². The number of nitrogen functional groups attached to an aromatic ring is 1. The largest absolute Gasteiger partial charge is 0.495 e. The number of nitrogens with two attached hydrogens (primary N) is 1. The Labute approximate surface area is 204 Å². The van der Waals surface area contributed by atoms with Gasteiger partial charge in [0.05, 0.1) is 19.3 Å². The molecule has 0 amide bonds. The minimum absolute atomic E-state index is 0.133. The van der Waals surface area contributed by atoms with Gasteiger partial charge in [0.2, 0.25) is 5.82 Å². The van der Waals surface area contributed by atoms with E-state index in [1.807, 2.05) is 30.3 Å². The second kappa shape index (κ2) is 11.3. The first-order valence-corrected chi connectivity index (χ1v) is 11.7. The van der Waals surface area contributed by atoms with Crippen molar-refractivity contribution < 1.29 is 14.3 Å². The summed E-state index contributed by atoms with van der Waals surface area (Å²) in [5.74, 6) is 1.34. The van der Waals surface area contributed by atoms with Crippen molar-refractivity contribution in [2.24, 2.45) is 0 Å². The number of fused-ring (bicyclic) bond motifs is 1. The summed E-state index contributed by atoms with van der Waals surface area (Å²) < 4.78 is 11.6. The maximum absolute atomic E-state index is 13.5. The van der Waals surface area contributed by atoms with Crippen LogP contribution in [0.4, 0.5) is 5.69 Å². The molecule has 0 saturated heterocycles. The van der Waals surface area contributed by atoms with E-state index >= 15 is 0 Å². The number of rotatable bonds is 12. The van der Waals surface area contributed by atoms with E-state index in [9.17, 15) is 4.79 Å². The molecule has 0 aliphatic carbocycles. The highest BCUT2D eigenvalue weighted by molar-refractivity contribution is 6.19. The normalized spacial score (nSPS) is 10.9. The van der Waals surface area contributed by atoms with Crippen LogP contribution in [0.25, 0.3) is 22.2 Å². The summed E-state index contributed by atoms with van der Waals surface area (Å²) in [7, 11) is 1.53. The molecule has 180 valence electrons. The van der Waals surface area contributed by atoms with Crippen LogP contribution in [0.1, 0.15) is 48.0 Å². The van der Waals surface area contributed by atoms with Crippen LogP contribution in [-0.4, -0.2) is 40.1 Å². The number of carbonyl (C=O) groups excluding carboxylic acids is 1. The van der Waals surface area contributed by atoms with Crippen molar-refractivity contribution in [3.8, 4) is 22.9 Å². The zero-order valence-electron chi connectivity index (χ0n) is 19.8. The van der Waals surface area contributed by atoms with Gasteiger partial charge in [-0.15, -0.1) is 16.8 Å². The highest BCUT2D eigenvalue weighted by atomic mass is 16.5. The third kappa shape index (κ3) is 5.32. The van der Waals surface area contributed by atoms with Crippen LogP contribution < -0.4 is 15.2 Å². The SMILES string of the molecule is C=CCCCCCCOc1ccc(C(=O)c2cccc3cc(N)c(-c4nn[nH]n4)c(OC)c23)cc1. The summed E-state index contributed by atoms with van der Waals surface area (Å²) in [5.41, 5.74) is 8.25. The lowest BCUT2D eigenvalue weighted by Crippen LogP contribution is -2.05. The fourth-order valence-corrected chi connectivity index (χ4v) is 4.12. The fourth-order valence-electron chi connectivity index (χ4n) is 4.12. The van der Waals surface area contributed by atoms with Crippen molar-refractivity contribution in [3.63, 3.8) is 0 Å². The van der Waals surface area contributed by atoms with E-state index in [1.165, 1.54) is 20.0 Å². The van der Waals surface area contributed by atoms with E-state index in [-0.39, 0.29) is 5.78 Å². The topological polar surface area (TPSA) is 116 Å². The van der Waals surface area contributed by atoms with Crippen LogP contribution in [0.3, 0.4) is 0 Å². The van der Waals surface area contributed by atoms with Gasteiger partial charge < -0.3 is 15.2 Å². The maximum atomic E-state index is 13.5. The van der Waals surface area contributed by atoms with Gasteiger partial charge in [0, 0.05) is 22.2 Å². The van der Waals surface area contributed by atoms with E-state index in [0.29, 0.717) is 45.9 Å². The molecule has 8 heteroatoms. The molecule has 0 bridgehead atoms. The summed E-state index contributed by atoms with van der Waals surface area (Å²) in [6, 6.07) is 14.5. The smallest absolute Gasteiger partial charge is 0.210 e. The zero-order chi connectivity index (χ0) is 24.6. The number of unbranched alkanes of at least 4 members (excludes halogenated alkanes) is 4. The molecule has 35 heavy (non-hydrogen) atoms. The molecule has 1 heterocycles. The van der Waals surface area contributed by atoms with Crippen LogP contribution in [0.2, 0.25) is 0 Å². The minimum Gasteiger partial charge on any atom is -0.495 e. The molecule has 0 fully saturated rings. The molecule has 4 rings (SSSR count). The summed E-state index contributed by atoms with van der Waals surface area (Å²) >= 11 is 0. The van der Waals surface area contributed by atoms with Crippen molar-refractivity contribution in [1.29, 1.82) is 0 Å². The number of allylic oxidation sites excluding steroid dienone is 1. The zero-order valence-corrected chi connectivity index (χ0v) is 19.8. The number of tetrazole rings is 1.